The predicted molar refractivity (Wildman–Crippen MR) is 164 cm³/mol. The maximum atomic E-state index is 6.06. The quantitative estimate of drug-likeness (QED) is 0.309. The minimum atomic E-state index is 0. The van der Waals surface area contributed by atoms with Gasteiger partial charge in [-0.15, -0.1) is 49.6 Å². The molecule has 1 fully saturated rings. The van der Waals surface area contributed by atoms with E-state index in [0.29, 0.717) is 11.7 Å². The second-order valence-electron chi connectivity index (χ2n) is 8.48. The van der Waals surface area contributed by atoms with Crippen molar-refractivity contribution in [3.8, 4) is 0 Å². The molecule has 6 nitrogen and oxygen atoms in total. The molecule has 3 rings (SSSR count). The average Bonchev–Trinajstić information content (AvgIpc) is 2.83. The molecule has 0 spiro atoms. The minimum absolute atomic E-state index is 0. The summed E-state index contributed by atoms with van der Waals surface area (Å²) in [5, 5.41) is 0. The number of halogens is 4. The van der Waals surface area contributed by atoms with Crippen molar-refractivity contribution in [2.45, 2.75) is 39.8 Å². The van der Waals surface area contributed by atoms with Gasteiger partial charge in [-0.2, -0.15) is 0 Å². The highest BCUT2D eigenvalue weighted by atomic mass is 35.5. The summed E-state index contributed by atoms with van der Waals surface area (Å²) in [7, 11) is 0. The lowest BCUT2D eigenvalue weighted by molar-refractivity contribution is 0.122. The van der Waals surface area contributed by atoms with Gasteiger partial charge in [-0.1, -0.05) is 62.4 Å². The fraction of sp³-hybridized carbons (Fsp3) is 0.462. The van der Waals surface area contributed by atoms with Crippen LogP contribution in [0.5, 0.6) is 0 Å². The molecule has 0 amide bonds. The van der Waals surface area contributed by atoms with Crippen LogP contribution in [0.25, 0.3) is 0 Å². The summed E-state index contributed by atoms with van der Waals surface area (Å²) in [6, 6.07) is 17.0. The standard InChI is InChI=1S/C26H38N6.4ClH/c1-3-13-29-25(27)23-9-5-21(6-10-23)19-31-15-17-32(18-16-31)20-22-7-11-24(12-8-22)26(28)30-14-4-2;;;;/h5-12H,3-4,13-20H2,1-2H3,(H2,27,29)(H2,28,30);4*1H. The van der Waals surface area contributed by atoms with E-state index in [9.17, 15) is 0 Å². The third kappa shape index (κ3) is 11.7. The number of hydrogen-bond acceptors (Lipinski definition) is 4. The van der Waals surface area contributed by atoms with Crippen molar-refractivity contribution in [2.75, 3.05) is 39.3 Å². The Morgan fingerprint density at radius 1 is 0.611 bits per heavy atom. The molecule has 4 N–H and O–H groups in total. The monoisotopic (exact) mass is 578 g/mol. The molecule has 2 aromatic carbocycles. The number of nitrogens with two attached hydrogens (primary N) is 2. The van der Waals surface area contributed by atoms with Crippen LogP contribution in [0.1, 0.15) is 48.9 Å². The van der Waals surface area contributed by atoms with Crippen LogP contribution in [-0.4, -0.2) is 60.7 Å². The zero-order valence-corrected chi connectivity index (χ0v) is 24.5. The van der Waals surface area contributed by atoms with Gasteiger partial charge in [0.2, 0.25) is 0 Å². The van der Waals surface area contributed by atoms with E-state index < -0.39 is 0 Å². The number of aliphatic imine (C=N–C) groups is 2. The zero-order chi connectivity index (χ0) is 22.8. The molecule has 0 aromatic heterocycles. The van der Waals surface area contributed by atoms with E-state index in [4.69, 9.17) is 11.5 Å². The van der Waals surface area contributed by atoms with Crippen LogP contribution >= 0.6 is 49.6 Å². The molecule has 1 heterocycles. The molecule has 0 saturated carbocycles. The highest BCUT2D eigenvalue weighted by molar-refractivity contribution is 5.98. The molecule has 0 bridgehead atoms. The SMILES string of the molecule is CCCN=C(N)c1ccc(CN2CCN(Cc3ccc(C(N)=NCCC)cc3)CC2)cc1.Cl.Cl.Cl.Cl. The molecule has 0 aliphatic carbocycles. The third-order valence-corrected chi connectivity index (χ3v) is 5.79. The minimum Gasteiger partial charge on any atom is -0.384 e. The number of amidine groups is 2. The Hall–Kier alpha value is -1.54. The molecule has 0 unspecified atom stereocenters. The first-order chi connectivity index (χ1) is 15.6. The summed E-state index contributed by atoms with van der Waals surface area (Å²) < 4.78 is 0. The Labute approximate surface area is 241 Å². The Bertz CT molecular complexity index is 820. The van der Waals surface area contributed by atoms with Crippen molar-refractivity contribution in [2.24, 2.45) is 21.5 Å². The van der Waals surface area contributed by atoms with Crippen LogP contribution in [0, 0.1) is 0 Å². The Kier molecular flexibility index (Phi) is 19.9. The lowest BCUT2D eigenvalue weighted by Crippen LogP contribution is -2.45. The molecule has 36 heavy (non-hydrogen) atoms. The van der Waals surface area contributed by atoms with Crippen molar-refractivity contribution < 1.29 is 0 Å². The molecule has 1 aliphatic heterocycles. The summed E-state index contributed by atoms with van der Waals surface area (Å²) >= 11 is 0. The van der Waals surface area contributed by atoms with Crippen LogP contribution in [0.4, 0.5) is 0 Å². The molecule has 0 atom stereocenters. The van der Waals surface area contributed by atoms with Crippen molar-refractivity contribution in [1.82, 2.24) is 9.80 Å². The Balaban J connectivity index is 0. The van der Waals surface area contributed by atoms with Crippen LogP contribution in [-0.2, 0) is 13.1 Å². The summed E-state index contributed by atoms with van der Waals surface area (Å²) in [4.78, 5) is 13.8. The Morgan fingerprint density at radius 3 is 1.19 bits per heavy atom. The second-order valence-corrected chi connectivity index (χ2v) is 8.48. The summed E-state index contributed by atoms with van der Waals surface area (Å²) in [6.45, 7) is 12.1. The maximum absolute atomic E-state index is 6.06. The van der Waals surface area contributed by atoms with Gasteiger partial charge in [-0.25, -0.2) is 0 Å². The van der Waals surface area contributed by atoms with E-state index in [-0.39, 0.29) is 49.6 Å². The van der Waals surface area contributed by atoms with Crippen molar-refractivity contribution in [3.63, 3.8) is 0 Å². The number of piperazine rings is 1. The second kappa shape index (κ2) is 19.6. The van der Waals surface area contributed by atoms with E-state index >= 15 is 0 Å². The summed E-state index contributed by atoms with van der Waals surface area (Å²) in [5.74, 6) is 1.27. The fourth-order valence-electron chi connectivity index (χ4n) is 3.83. The van der Waals surface area contributed by atoms with Gasteiger partial charge < -0.3 is 11.5 Å². The van der Waals surface area contributed by atoms with Gasteiger partial charge >= 0.3 is 0 Å². The topological polar surface area (TPSA) is 83.2 Å². The van der Waals surface area contributed by atoms with E-state index in [0.717, 1.165) is 76.3 Å². The lowest BCUT2D eigenvalue weighted by atomic mass is 10.1. The van der Waals surface area contributed by atoms with Crippen LogP contribution < -0.4 is 11.5 Å². The predicted octanol–water partition coefficient (Wildman–Crippen LogP) is 4.92. The fourth-order valence-corrected chi connectivity index (χ4v) is 3.83. The number of nitrogens with zero attached hydrogens (tertiary/aromatic N) is 4. The smallest absolute Gasteiger partial charge is 0.125 e. The summed E-state index contributed by atoms with van der Waals surface area (Å²) in [6.07, 6.45) is 2.02. The zero-order valence-electron chi connectivity index (χ0n) is 21.3. The number of benzene rings is 2. The van der Waals surface area contributed by atoms with Crippen LogP contribution in [0.3, 0.4) is 0 Å². The summed E-state index contributed by atoms with van der Waals surface area (Å²) in [5.41, 5.74) is 16.8. The van der Waals surface area contributed by atoms with Crippen molar-refractivity contribution in [1.29, 1.82) is 0 Å². The van der Waals surface area contributed by atoms with Gasteiger partial charge in [0, 0.05) is 63.5 Å². The number of rotatable bonds is 10. The van der Waals surface area contributed by atoms with Crippen LogP contribution in [0.2, 0.25) is 0 Å². The van der Waals surface area contributed by atoms with E-state index in [1.807, 2.05) is 0 Å². The molecule has 204 valence electrons. The van der Waals surface area contributed by atoms with Gasteiger partial charge in [-0.3, -0.25) is 19.8 Å². The Morgan fingerprint density at radius 2 is 0.917 bits per heavy atom. The average molecular weight is 580 g/mol. The van der Waals surface area contributed by atoms with Crippen molar-refractivity contribution >= 4 is 61.3 Å². The first-order valence-corrected chi connectivity index (χ1v) is 11.8. The van der Waals surface area contributed by atoms with E-state index in [2.05, 4.69) is 82.2 Å². The normalized spacial score (nSPS) is 14.6. The largest absolute Gasteiger partial charge is 0.384 e. The van der Waals surface area contributed by atoms with E-state index in [1.165, 1.54) is 11.1 Å². The van der Waals surface area contributed by atoms with Gasteiger partial charge in [0.15, 0.2) is 0 Å². The van der Waals surface area contributed by atoms with Gasteiger partial charge in [0.05, 0.1) is 0 Å². The highest BCUT2D eigenvalue weighted by Gasteiger charge is 2.17. The number of hydrogen-bond donors (Lipinski definition) is 2. The van der Waals surface area contributed by atoms with Crippen molar-refractivity contribution in [3.05, 3.63) is 70.8 Å². The molecule has 1 saturated heterocycles. The molecule has 0 radical (unpaired) electrons. The van der Waals surface area contributed by atoms with Gasteiger partial charge in [-0.05, 0) is 24.0 Å². The van der Waals surface area contributed by atoms with Crippen LogP contribution in [0.15, 0.2) is 58.5 Å². The molecular formula is C26H42Cl4N6. The third-order valence-electron chi connectivity index (χ3n) is 5.79. The van der Waals surface area contributed by atoms with Gasteiger partial charge in [0.1, 0.15) is 11.7 Å². The first-order valence-electron chi connectivity index (χ1n) is 11.8. The first kappa shape index (κ1) is 36.6. The molecule has 1 aliphatic rings. The molecule has 10 heteroatoms. The molecular weight excluding hydrogens is 538 g/mol. The lowest BCUT2D eigenvalue weighted by Gasteiger charge is -2.34. The van der Waals surface area contributed by atoms with E-state index in [1.54, 1.807) is 0 Å². The maximum Gasteiger partial charge on any atom is 0.125 e. The van der Waals surface area contributed by atoms with Gasteiger partial charge in [0.25, 0.3) is 0 Å². The highest BCUT2D eigenvalue weighted by Crippen LogP contribution is 2.13. The molecule has 2 aromatic rings.